The van der Waals surface area contributed by atoms with Crippen LogP contribution < -0.4 is 0 Å². The molecule has 4 heteroatoms. The molecule has 2 aliphatic rings. The maximum absolute atomic E-state index is 12.5. The molecule has 1 N–H and O–H groups in total. The van der Waals surface area contributed by atoms with Gasteiger partial charge in [-0.05, 0) is 30.9 Å². The van der Waals surface area contributed by atoms with Gasteiger partial charge >= 0.3 is 5.97 Å². The number of esters is 1. The summed E-state index contributed by atoms with van der Waals surface area (Å²) in [6.45, 7) is 2.04. The van der Waals surface area contributed by atoms with Crippen LogP contribution in [-0.4, -0.2) is 23.0 Å². The van der Waals surface area contributed by atoms with Crippen LogP contribution in [0.4, 0.5) is 0 Å². The topological polar surface area (TPSA) is 63.6 Å². The maximum atomic E-state index is 12.5. The summed E-state index contributed by atoms with van der Waals surface area (Å²) in [4.78, 5) is 24.2. The number of ether oxygens (including phenoxy) is 1. The average Bonchev–Trinajstić information content (AvgIpc) is 3.41. The Balaban J connectivity index is 1.72. The third kappa shape index (κ3) is 2.18. The normalized spacial score (nSPS) is 26.5. The molecular formula is C20H18O4. The monoisotopic (exact) mass is 322 g/mol. The largest absolute Gasteiger partial charge is 0.443 e. The molecule has 1 heterocycles. The van der Waals surface area contributed by atoms with E-state index < -0.39 is 23.5 Å². The molecule has 122 valence electrons. The Labute approximate surface area is 140 Å². The van der Waals surface area contributed by atoms with Gasteiger partial charge in [0.05, 0.1) is 0 Å². The van der Waals surface area contributed by atoms with Crippen molar-refractivity contribution >= 4 is 11.8 Å². The number of aliphatic hydroxyl groups excluding tert-OH is 1. The van der Waals surface area contributed by atoms with Gasteiger partial charge in [0.2, 0.25) is 17.5 Å². The van der Waals surface area contributed by atoms with E-state index in [4.69, 9.17) is 4.74 Å². The predicted octanol–water partition coefficient (Wildman–Crippen LogP) is 2.75. The molecule has 0 spiro atoms. The number of rotatable bonds is 3. The summed E-state index contributed by atoms with van der Waals surface area (Å²) in [5.74, 6) is -1.40. The first-order chi connectivity index (χ1) is 11.5. The van der Waals surface area contributed by atoms with Crippen LogP contribution in [0.1, 0.15) is 24.0 Å². The van der Waals surface area contributed by atoms with Crippen LogP contribution >= 0.6 is 0 Å². The van der Waals surface area contributed by atoms with Gasteiger partial charge in [-0.25, -0.2) is 4.79 Å². The second kappa shape index (κ2) is 5.28. The Hall–Kier alpha value is -2.46. The van der Waals surface area contributed by atoms with E-state index in [0.29, 0.717) is 5.56 Å². The zero-order valence-electron chi connectivity index (χ0n) is 13.4. The smallest absolute Gasteiger partial charge is 0.344 e. The van der Waals surface area contributed by atoms with Crippen molar-refractivity contribution in [2.24, 2.45) is 5.92 Å². The number of hydrogen-bond acceptors (Lipinski definition) is 4. The molecule has 1 aliphatic carbocycles. The zero-order valence-corrected chi connectivity index (χ0v) is 13.4. The lowest BCUT2D eigenvalue weighted by atomic mass is 9.83. The van der Waals surface area contributed by atoms with Gasteiger partial charge in [-0.1, -0.05) is 54.1 Å². The molecule has 2 aromatic rings. The van der Waals surface area contributed by atoms with Crippen molar-refractivity contribution in [2.45, 2.75) is 31.5 Å². The van der Waals surface area contributed by atoms with Crippen LogP contribution in [0.5, 0.6) is 0 Å². The van der Waals surface area contributed by atoms with Crippen molar-refractivity contribution in [2.75, 3.05) is 0 Å². The third-order valence-corrected chi connectivity index (χ3v) is 4.95. The molecule has 2 atom stereocenters. The Bertz CT molecular complexity index is 803. The molecule has 2 aromatic carbocycles. The highest BCUT2D eigenvalue weighted by molar-refractivity contribution is 6.12. The van der Waals surface area contributed by atoms with Gasteiger partial charge in [0.25, 0.3) is 0 Å². The highest BCUT2D eigenvalue weighted by Crippen LogP contribution is 2.52. The summed E-state index contributed by atoms with van der Waals surface area (Å²) in [5, 5.41) is 9.77. The average molecular weight is 322 g/mol. The van der Waals surface area contributed by atoms with Crippen molar-refractivity contribution in [3.63, 3.8) is 0 Å². The highest BCUT2D eigenvalue weighted by atomic mass is 16.6. The standard InChI is InChI=1S/C20H18O4/c1-12-2-4-13(5-3-12)14-6-8-15(9-7-14)20(16-10-11-16)18(22)17(21)19(23)24-20/h2-9,16-17,21H,10-11H2,1H3. The fourth-order valence-corrected chi connectivity index (χ4v) is 3.44. The number of aliphatic hydroxyl groups is 1. The molecule has 0 radical (unpaired) electrons. The first kappa shape index (κ1) is 15.1. The SMILES string of the molecule is Cc1ccc(-c2ccc(C3(C4CC4)OC(=O)C(O)C3=O)cc2)cc1. The van der Waals surface area contributed by atoms with Gasteiger partial charge in [-0.3, -0.25) is 4.79 Å². The van der Waals surface area contributed by atoms with Crippen molar-refractivity contribution in [3.05, 3.63) is 59.7 Å². The number of aryl methyl sites for hydroxylation is 1. The van der Waals surface area contributed by atoms with E-state index in [1.165, 1.54) is 5.56 Å². The molecule has 24 heavy (non-hydrogen) atoms. The number of Topliss-reactive ketones (excluding diaryl/α,β-unsaturated/α-hetero) is 1. The zero-order chi connectivity index (χ0) is 16.9. The van der Waals surface area contributed by atoms with Crippen molar-refractivity contribution in [1.29, 1.82) is 0 Å². The fourth-order valence-electron chi connectivity index (χ4n) is 3.44. The minimum atomic E-state index is -1.66. The van der Waals surface area contributed by atoms with Crippen LogP contribution in [0.3, 0.4) is 0 Å². The van der Waals surface area contributed by atoms with E-state index >= 15 is 0 Å². The number of carbonyl (C=O) groups excluding carboxylic acids is 2. The lowest BCUT2D eigenvalue weighted by Gasteiger charge is -2.26. The van der Waals surface area contributed by atoms with Gasteiger partial charge in [-0.2, -0.15) is 0 Å². The maximum Gasteiger partial charge on any atom is 0.344 e. The quantitative estimate of drug-likeness (QED) is 0.697. The summed E-state index contributed by atoms with van der Waals surface area (Å²) < 4.78 is 5.41. The molecular weight excluding hydrogens is 304 g/mol. The molecule has 1 saturated carbocycles. The Morgan fingerprint density at radius 3 is 1.96 bits per heavy atom. The lowest BCUT2D eigenvalue weighted by molar-refractivity contribution is -0.157. The second-order valence-corrected chi connectivity index (χ2v) is 6.64. The molecule has 2 unspecified atom stereocenters. The first-order valence-corrected chi connectivity index (χ1v) is 8.15. The molecule has 0 bridgehead atoms. The van der Waals surface area contributed by atoms with Crippen LogP contribution in [0.15, 0.2) is 48.5 Å². The Kier molecular flexibility index (Phi) is 3.32. The van der Waals surface area contributed by atoms with Gasteiger partial charge in [0, 0.05) is 11.5 Å². The Morgan fingerprint density at radius 2 is 1.50 bits per heavy atom. The molecule has 0 aromatic heterocycles. The molecule has 4 rings (SSSR count). The lowest BCUT2D eigenvalue weighted by Crippen LogP contribution is -2.38. The van der Waals surface area contributed by atoms with Crippen LogP contribution in [0, 0.1) is 12.8 Å². The second-order valence-electron chi connectivity index (χ2n) is 6.64. The molecule has 1 aliphatic heterocycles. The summed E-state index contributed by atoms with van der Waals surface area (Å²) in [6.07, 6.45) is -0.0148. The van der Waals surface area contributed by atoms with E-state index in [0.717, 1.165) is 24.0 Å². The van der Waals surface area contributed by atoms with Gasteiger partial charge in [-0.15, -0.1) is 0 Å². The minimum Gasteiger partial charge on any atom is -0.443 e. The molecule has 2 fully saturated rings. The Morgan fingerprint density at radius 1 is 0.958 bits per heavy atom. The number of carbonyl (C=O) groups is 2. The summed E-state index contributed by atoms with van der Waals surface area (Å²) in [5.41, 5.74) is 2.66. The summed E-state index contributed by atoms with van der Waals surface area (Å²) in [7, 11) is 0. The molecule has 1 saturated heterocycles. The number of ketones is 1. The van der Waals surface area contributed by atoms with E-state index in [1.54, 1.807) is 0 Å². The van der Waals surface area contributed by atoms with E-state index in [9.17, 15) is 14.7 Å². The van der Waals surface area contributed by atoms with Crippen LogP contribution in [0.25, 0.3) is 11.1 Å². The van der Waals surface area contributed by atoms with Gasteiger partial charge in [0.15, 0.2) is 0 Å². The summed E-state index contributed by atoms with van der Waals surface area (Å²) >= 11 is 0. The fraction of sp³-hybridized carbons (Fsp3) is 0.300. The van der Waals surface area contributed by atoms with Gasteiger partial charge < -0.3 is 9.84 Å². The molecule has 0 amide bonds. The minimum absolute atomic E-state index is 0.0312. The van der Waals surface area contributed by atoms with Crippen molar-refractivity contribution in [1.82, 2.24) is 0 Å². The first-order valence-electron chi connectivity index (χ1n) is 8.15. The number of hydrogen-bond donors (Lipinski definition) is 1. The summed E-state index contributed by atoms with van der Waals surface area (Å²) in [6, 6.07) is 15.7. The number of benzene rings is 2. The van der Waals surface area contributed by atoms with Crippen LogP contribution in [-0.2, 0) is 19.9 Å². The van der Waals surface area contributed by atoms with E-state index in [2.05, 4.69) is 0 Å². The van der Waals surface area contributed by atoms with E-state index in [1.807, 2.05) is 55.5 Å². The van der Waals surface area contributed by atoms with E-state index in [-0.39, 0.29) is 5.92 Å². The molecule has 4 nitrogen and oxygen atoms in total. The predicted molar refractivity (Wildman–Crippen MR) is 88.1 cm³/mol. The number of cyclic esters (lactones) is 1. The van der Waals surface area contributed by atoms with Gasteiger partial charge in [0.1, 0.15) is 0 Å². The van der Waals surface area contributed by atoms with Crippen molar-refractivity contribution < 1.29 is 19.4 Å². The van der Waals surface area contributed by atoms with Crippen LogP contribution in [0.2, 0.25) is 0 Å². The highest BCUT2D eigenvalue weighted by Gasteiger charge is 2.63. The third-order valence-electron chi connectivity index (χ3n) is 4.95. The van der Waals surface area contributed by atoms with Crippen molar-refractivity contribution in [3.8, 4) is 11.1 Å².